The number of nitrogens with one attached hydrogen (secondary N) is 1. The van der Waals surface area contributed by atoms with Gasteiger partial charge in [0.25, 0.3) is 0 Å². The highest BCUT2D eigenvalue weighted by molar-refractivity contribution is 7.99. The van der Waals surface area contributed by atoms with E-state index in [4.69, 9.17) is 11.6 Å². The van der Waals surface area contributed by atoms with E-state index in [9.17, 15) is 4.79 Å². The number of hydrogen-bond acceptors (Lipinski definition) is 4. The predicted molar refractivity (Wildman–Crippen MR) is 88.5 cm³/mol. The van der Waals surface area contributed by atoms with Gasteiger partial charge in [0, 0.05) is 13.0 Å². The molecule has 2 aromatic rings. The molecule has 1 aliphatic rings. The number of benzene rings is 1. The van der Waals surface area contributed by atoms with E-state index in [-0.39, 0.29) is 11.7 Å². The second kappa shape index (κ2) is 6.30. The molecule has 22 heavy (non-hydrogen) atoms. The average molecular weight is 337 g/mol. The number of aromatic nitrogens is 3. The zero-order valence-corrected chi connectivity index (χ0v) is 14.0. The number of amides is 1. The van der Waals surface area contributed by atoms with Crippen molar-refractivity contribution in [2.24, 2.45) is 7.05 Å². The van der Waals surface area contributed by atoms with Crippen molar-refractivity contribution in [3.8, 4) is 0 Å². The molecule has 0 spiro atoms. The zero-order valence-electron chi connectivity index (χ0n) is 12.5. The molecule has 1 aromatic heterocycles. The van der Waals surface area contributed by atoms with Crippen molar-refractivity contribution in [2.45, 2.75) is 30.8 Å². The summed E-state index contributed by atoms with van der Waals surface area (Å²) in [5, 5.41) is 12.5. The molecule has 1 heterocycles. The summed E-state index contributed by atoms with van der Waals surface area (Å²) in [7, 11) is 1.95. The van der Waals surface area contributed by atoms with Crippen LogP contribution in [0.25, 0.3) is 0 Å². The van der Waals surface area contributed by atoms with Gasteiger partial charge in [0.2, 0.25) is 5.91 Å². The lowest BCUT2D eigenvalue weighted by atomic mass is 10.2. The van der Waals surface area contributed by atoms with Crippen molar-refractivity contribution in [2.75, 3.05) is 11.1 Å². The van der Waals surface area contributed by atoms with Crippen LogP contribution in [0.5, 0.6) is 0 Å². The lowest BCUT2D eigenvalue weighted by Crippen LogP contribution is -2.14. The minimum absolute atomic E-state index is 0.105. The van der Waals surface area contributed by atoms with E-state index < -0.39 is 0 Å². The first-order valence-electron chi connectivity index (χ1n) is 7.12. The summed E-state index contributed by atoms with van der Waals surface area (Å²) in [5.74, 6) is 1.74. The van der Waals surface area contributed by atoms with Gasteiger partial charge in [-0.05, 0) is 37.5 Å². The fraction of sp³-hybridized carbons (Fsp3) is 0.400. The first kappa shape index (κ1) is 15.4. The van der Waals surface area contributed by atoms with Gasteiger partial charge in [0.1, 0.15) is 5.82 Å². The van der Waals surface area contributed by atoms with Gasteiger partial charge >= 0.3 is 0 Å². The van der Waals surface area contributed by atoms with Crippen molar-refractivity contribution < 1.29 is 4.79 Å². The summed E-state index contributed by atoms with van der Waals surface area (Å²) >= 11 is 7.50. The van der Waals surface area contributed by atoms with Gasteiger partial charge in [-0.2, -0.15) is 0 Å². The van der Waals surface area contributed by atoms with Crippen LogP contribution in [0.15, 0.2) is 23.4 Å². The van der Waals surface area contributed by atoms with Crippen LogP contribution in [0.4, 0.5) is 5.69 Å². The molecule has 1 N–H and O–H groups in total. The third-order valence-electron chi connectivity index (χ3n) is 3.54. The predicted octanol–water partition coefficient (Wildman–Crippen LogP) is 3.39. The highest BCUT2D eigenvalue weighted by Crippen LogP contribution is 2.39. The van der Waals surface area contributed by atoms with Gasteiger partial charge in [-0.1, -0.05) is 29.4 Å². The highest BCUT2D eigenvalue weighted by atomic mass is 35.5. The molecule has 5 nitrogen and oxygen atoms in total. The van der Waals surface area contributed by atoms with Gasteiger partial charge in [-0.25, -0.2) is 0 Å². The first-order chi connectivity index (χ1) is 10.5. The molecule has 1 aliphatic carbocycles. The summed E-state index contributed by atoms with van der Waals surface area (Å²) < 4.78 is 1.98. The van der Waals surface area contributed by atoms with Crippen molar-refractivity contribution in [3.63, 3.8) is 0 Å². The molecular weight excluding hydrogens is 320 g/mol. The van der Waals surface area contributed by atoms with Crippen LogP contribution in [0, 0.1) is 6.92 Å². The molecule has 0 saturated heterocycles. The Kier molecular flexibility index (Phi) is 4.40. The molecule has 0 bridgehead atoms. The van der Waals surface area contributed by atoms with Crippen molar-refractivity contribution in [1.82, 2.24) is 14.8 Å². The Balaban J connectivity index is 1.58. The molecule has 1 aromatic carbocycles. The van der Waals surface area contributed by atoms with Gasteiger partial charge in [-0.3, -0.25) is 4.79 Å². The molecule has 1 fully saturated rings. The second-order valence-electron chi connectivity index (χ2n) is 5.49. The third-order valence-corrected chi connectivity index (χ3v) is 4.88. The standard InChI is InChI=1S/C15H17ClN4OS/c1-9-3-6-12(11(16)7-9)17-13(21)8-22-15-19-18-14(20(15)2)10-4-5-10/h3,6-7,10H,4-5,8H2,1-2H3,(H,17,21). The number of carbonyl (C=O) groups excluding carboxylic acids is 1. The number of rotatable bonds is 5. The lowest BCUT2D eigenvalue weighted by molar-refractivity contribution is -0.113. The molecule has 7 heteroatoms. The number of anilines is 1. The maximum atomic E-state index is 12.0. The van der Waals surface area contributed by atoms with Crippen molar-refractivity contribution in [3.05, 3.63) is 34.6 Å². The maximum absolute atomic E-state index is 12.0. The number of nitrogens with zero attached hydrogens (tertiary/aromatic N) is 3. The Labute approximate surface area is 138 Å². The topological polar surface area (TPSA) is 59.8 Å². The molecule has 1 amide bonds. The van der Waals surface area contributed by atoms with Crippen LogP contribution in [0.3, 0.4) is 0 Å². The molecule has 116 valence electrons. The summed E-state index contributed by atoms with van der Waals surface area (Å²) in [6.45, 7) is 1.96. The van der Waals surface area contributed by atoms with E-state index in [1.807, 2.05) is 36.7 Å². The number of aryl methyl sites for hydroxylation is 1. The fourth-order valence-corrected chi connectivity index (χ4v) is 3.19. The monoisotopic (exact) mass is 336 g/mol. The Morgan fingerprint density at radius 1 is 1.45 bits per heavy atom. The molecule has 0 unspecified atom stereocenters. The van der Waals surface area contributed by atoms with Crippen LogP contribution in [0.2, 0.25) is 5.02 Å². The van der Waals surface area contributed by atoms with E-state index >= 15 is 0 Å². The Bertz CT molecular complexity index is 712. The Morgan fingerprint density at radius 2 is 2.23 bits per heavy atom. The Hall–Kier alpha value is -1.53. The fourth-order valence-electron chi connectivity index (χ4n) is 2.19. The number of halogens is 1. The molecule has 0 aliphatic heterocycles. The van der Waals surface area contributed by atoms with E-state index in [1.54, 1.807) is 0 Å². The van der Waals surface area contributed by atoms with Crippen molar-refractivity contribution in [1.29, 1.82) is 0 Å². The summed E-state index contributed by atoms with van der Waals surface area (Å²) in [5.41, 5.74) is 1.69. The third kappa shape index (κ3) is 3.44. The Morgan fingerprint density at radius 3 is 2.91 bits per heavy atom. The number of thioether (sulfide) groups is 1. The molecule has 0 radical (unpaired) electrons. The maximum Gasteiger partial charge on any atom is 0.234 e. The van der Waals surface area contributed by atoms with E-state index in [1.165, 1.54) is 24.6 Å². The van der Waals surface area contributed by atoms with Crippen LogP contribution in [-0.2, 0) is 11.8 Å². The number of hydrogen-bond donors (Lipinski definition) is 1. The quantitative estimate of drug-likeness (QED) is 0.850. The smallest absolute Gasteiger partial charge is 0.234 e. The summed E-state index contributed by atoms with van der Waals surface area (Å²) in [6.07, 6.45) is 2.37. The molecule has 3 rings (SSSR count). The summed E-state index contributed by atoms with van der Waals surface area (Å²) in [4.78, 5) is 12.0. The van der Waals surface area contributed by atoms with Gasteiger partial charge in [0.15, 0.2) is 5.16 Å². The van der Waals surface area contributed by atoms with Gasteiger partial charge in [0.05, 0.1) is 16.5 Å². The second-order valence-corrected chi connectivity index (χ2v) is 6.84. The average Bonchev–Trinajstić information content (AvgIpc) is 3.24. The zero-order chi connectivity index (χ0) is 15.7. The molecule has 1 saturated carbocycles. The number of carbonyl (C=O) groups is 1. The largest absolute Gasteiger partial charge is 0.324 e. The lowest BCUT2D eigenvalue weighted by Gasteiger charge is -2.07. The highest BCUT2D eigenvalue weighted by Gasteiger charge is 2.29. The summed E-state index contributed by atoms with van der Waals surface area (Å²) in [6, 6.07) is 5.56. The minimum Gasteiger partial charge on any atom is -0.324 e. The molecular formula is C15H17ClN4OS. The van der Waals surface area contributed by atoms with E-state index in [0.29, 0.717) is 16.6 Å². The van der Waals surface area contributed by atoms with Gasteiger partial charge < -0.3 is 9.88 Å². The van der Waals surface area contributed by atoms with Crippen LogP contribution in [0.1, 0.15) is 30.1 Å². The minimum atomic E-state index is -0.105. The SMILES string of the molecule is Cc1ccc(NC(=O)CSc2nnc(C3CC3)n2C)c(Cl)c1. The molecule has 0 atom stereocenters. The van der Waals surface area contributed by atoms with Crippen LogP contribution < -0.4 is 5.32 Å². The normalized spacial score (nSPS) is 14.1. The van der Waals surface area contributed by atoms with Gasteiger partial charge in [-0.15, -0.1) is 10.2 Å². The van der Waals surface area contributed by atoms with Crippen molar-refractivity contribution >= 4 is 35.0 Å². The van der Waals surface area contributed by atoms with E-state index in [2.05, 4.69) is 15.5 Å². The van der Waals surface area contributed by atoms with E-state index in [0.717, 1.165) is 16.5 Å². The van der Waals surface area contributed by atoms with Crippen LogP contribution >= 0.6 is 23.4 Å². The first-order valence-corrected chi connectivity index (χ1v) is 8.49. The van der Waals surface area contributed by atoms with Crippen LogP contribution in [-0.4, -0.2) is 26.4 Å².